The van der Waals surface area contributed by atoms with E-state index in [0.29, 0.717) is 0 Å². The molecule has 1 heterocycles. The van der Waals surface area contributed by atoms with E-state index in [1.54, 1.807) is 7.11 Å². The van der Waals surface area contributed by atoms with Crippen molar-refractivity contribution in [1.82, 2.24) is 0 Å². The van der Waals surface area contributed by atoms with E-state index in [1.807, 2.05) is 0 Å². The zero-order chi connectivity index (χ0) is 12.9. The molecule has 2 aliphatic rings. The summed E-state index contributed by atoms with van der Waals surface area (Å²) in [4.78, 5) is 2.30. The number of likely N-dealkylation sites (N-methyl/N-ethyl adjacent to an activating group) is 1. The van der Waals surface area contributed by atoms with E-state index in [1.165, 1.54) is 29.7 Å². The van der Waals surface area contributed by atoms with Crippen LogP contribution < -0.4 is 15.4 Å². The van der Waals surface area contributed by atoms with Crippen LogP contribution in [0, 0.1) is 0 Å². The fourth-order valence-electron chi connectivity index (χ4n) is 3.35. The molecule has 0 radical (unpaired) electrons. The molecule has 1 unspecified atom stereocenters. The predicted octanol–water partition coefficient (Wildman–Crippen LogP) is 2.07. The first-order valence-corrected chi connectivity index (χ1v) is 6.77. The average molecular weight is 246 g/mol. The molecular formula is C15H22N2O. The highest BCUT2D eigenvalue weighted by atomic mass is 16.5. The molecule has 0 aromatic heterocycles. The summed E-state index contributed by atoms with van der Waals surface area (Å²) < 4.78 is 5.73. The van der Waals surface area contributed by atoms with Gasteiger partial charge in [0.25, 0.3) is 0 Å². The van der Waals surface area contributed by atoms with Gasteiger partial charge in [0.15, 0.2) is 0 Å². The third-order valence-corrected chi connectivity index (χ3v) is 4.75. The van der Waals surface area contributed by atoms with Gasteiger partial charge in [-0.25, -0.2) is 0 Å². The second kappa shape index (κ2) is 3.89. The monoisotopic (exact) mass is 246 g/mol. The maximum absolute atomic E-state index is 6.19. The van der Waals surface area contributed by atoms with Gasteiger partial charge in [0.1, 0.15) is 5.75 Å². The standard InChI is InChI=1S/C15H22N2O/c1-10(16)15(7-8-15)12-4-5-13-11(14(12)18-3)6-9-17(13)2/h4-5,10H,6-9,16H2,1-3H3. The van der Waals surface area contributed by atoms with Crippen LogP contribution in [-0.2, 0) is 11.8 Å². The third-order valence-electron chi connectivity index (χ3n) is 4.75. The topological polar surface area (TPSA) is 38.5 Å². The summed E-state index contributed by atoms with van der Waals surface area (Å²) in [6.45, 7) is 3.20. The zero-order valence-corrected chi connectivity index (χ0v) is 11.5. The lowest BCUT2D eigenvalue weighted by molar-refractivity contribution is 0.395. The number of fused-ring (bicyclic) bond motifs is 1. The molecule has 98 valence electrons. The number of nitrogens with zero attached hydrogens (tertiary/aromatic N) is 1. The molecule has 1 aromatic carbocycles. The number of anilines is 1. The minimum absolute atomic E-state index is 0.168. The maximum atomic E-state index is 6.19. The highest BCUT2D eigenvalue weighted by molar-refractivity contribution is 5.67. The molecule has 3 heteroatoms. The Bertz CT molecular complexity index is 478. The SMILES string of the molecule is COc1c(C2(C(C)N)CC2)ccc2c1CCN2C. The number of hydrogen-bond donors (Lipinski definition) is 1. The van der Waals surface area contributed by atoms with Crippen LogP contribution in [0.2, 0.25) is 0 Å². The lowest BCUT2D eigenvalue weighted by Gasteiger charge is -2.24. The number of rotatable bonds is 3. The Hall–Kier alpha value is -1.22. The van der Waals surface area contributed by atoms with Gasteiger partial charge in [-0.15, -0.1) is 0 Å². The van der Waals surface area contributed by atoms with Gasteiger partial charge in [-0.3, -0.25) is 0 Å². The summed E-state index contributed by atoms with van der Waals surface area (Å²) in [5, 5.41) is 0. The average Bonchev–Trinajstić information content (AvgIpc) is 3.09. The first kappa shape index (κ1) is 11.8. The molecule has 2 N–H and O–H groups in total. The van der Waals surface area contributed by atoms with Crippen LogP contribution in [0.15, 0.2) is 12.1 Å². The molecular weight excluding hydrogens is 224 g/mol. The highest BCUT2D eigenvalue weighted by Crippen LogP contribution is 2.55. The molecule has 0 bridgehead atoms. The number of hydrogen-bond acceptors (Lipinski definition) is 3. The van der Waals surface area contributed by atoms with Crippen molar-refractivity contribution < 1.29 is 4.74 Å². The van der Waals surface area contributed by atoms with Crippen molar-refractivity contribution in [2.45, 2.75) is 37.6 Å². The second-order valence-electron chi connectivity index (χ2n) is 5.76. The number of benzene rings is 1. The van der Waals surface area contributed by atoms with Crippen LogP contribution in [0.3, 0.4) is 0 Å². The first-order valence-electron chi connectivity index (χ1n) is 6.77. The van der Waals surface area contributed by atoms with E-state index in [9.17, 15) is 0 Å². The van der Waals surface area contributed by atoms with E-state index >= 15 is 0 Å². The quantitative estimate of drug-likeness (QED) is 0.887. The van der Waals surface area contributed by atoms with Gasteiger partial charge < -0.3 is 15.4 Å². The zero-order valence-electron chi connectivity index (χ0n) is 11.5. The molecule has 0 spiro atoms. The van der Waals surface area contributed by atoms with Crippen molar-refractivity contribution in [2.24, 2.45) is 5.73 Å². The fraction of sp³-hybridized carbons (Fsp3) is 0.600. The molecule has 0 amide bonds. The second-order valence-corrected chi connectivity index (χ2v) is 5.76. The summed E-state index contributed by atoms with van der Waals surface area (Å²) in [7, 11) is 3.93. The maximum Gasteiger partial charge on any atom is 0.128 e. The Kier molecular flexibility index (Phi) is 2.56. The first-order chi connectivity index (χ1) is 8.60. The third kappa shape index (κ3) is 1.46. The molecule has 3 rings (SSSR count). The minimum Gasteiger partial charge on any atom is -0.496 e. The van der Waals surface area contributed by atoms with E-state index in [-0.39, 0.29) is 11.5 Å². The van der Waals surface area contributed by atoms with Gasteiger partial charge in [0.05, 0.1) is 7.11 Å². The van der Waals surface area contributed by atoms with Crippen LogP contribution in [0.5, 0.6) is 5.75 Å². The molecule has 1 aliphatic heterocycles. The van der Waals surface area contributed by atoms with Crippen LogP contribution in [-0.4, -0.2) is 26.7 Å². The van der Waals surface area contributed by atoms with Crippen LogP contribution in [0.1, 0.15) is 30.9 Å². The van der Waals surface area contributed by atoms with Gasteiger partial charge in [-0.2, -0.15) is 0 Å². The fourth-order valence-corrected chi connectivity index (χ4v) is 3.35. The summed E-state index contributed by atoms with van der Waals surface area (Å²) in [6.07, 6.45) is 3.46. The van der Waals surface area contributed by atoms with Crippen LogP contribution in [0.25, 0.3) is 0 Å². The van der Waals surface area contributed by atoms with Crippen LogP contribution in [0.4, 0.5) is 5.69 Å². The Morgan fingerprint density at radius 2 is 2.11 bits per heavy atom. The molecule has 3 nitrogen and oxygen atoms in total. The van der Waals surface area contributed by atoms with Gasteiger partial charge in [-0.1, -0.05) is 6.07 Å². The molecule has 1 aromatic rings. The van der Waals surface area contributed by atoms with Crippen molar-refractivity contribution in [1.29, 1.82) is 0 Å². The summed E-state index contributed by atoms with van der Waals surface area (Å²) in [6, 6.07) is 4.67. The summed E-state index contributed by atoms with van der Waals surface area (Å²) >= 11 is 0. The number of nitrogens with two attached hydrogens (primary N) is 1. The molecule has 1 saturated carbocycles. The molecule has 1 atom stereocenters. The molecule has 1 aliphatic carbocycles. The van der Waals surface area contributed by atoms with Crippen molar-refractivity contribution in [3.8, 4) is 5.75 Å². The van der Waals surface area contributed by atoms with E-state index in [4.69, 9.17) is 10.5 Å². The van der Waals surface area contributed by atoms with Crippen molar-refractivity contribution >= 4 is 5.69 Å². The minimum atomic E-state index is 0.168. The summed E-state index contributed by atoms with van der Waals surface area (Å²) in [5.74, 6) is 1.09. The van der Waals surface area contributed by atoms with Crippen LogP contribution >= 0.6 is 0 Å². The summed E-state index contributed by atoms with van der Waals surface area (Å²) in [5.41, 5.74) is 10.4. The largest absolute Gasteiger partial charge is 0.496 e. The molecule has 1 fully saturated rings. The Labute approximate surface area is 109 Å². The molecule has 0 saturated heterocycles. The lowest BCUT2D eigenvalue weighted by atomic mass is 9.87. The highest BCUT2D eigenvalue weighted by Gasteiger charge is 2.49. The van der Waals surface area contributed by atoms with Crippen molar-refractivity contribution in [2.75, 3.05) is 25.6 Å². The Morgan fingerprint density at radius 1 is 1.39 bits per heavy atom. The number of ether oxygens (including phenoxy) is 1. The van der Waals surface area contributed by atoms with Crippen molar-refractivity contribution in [3.05, 3.63) is 23.3 Å². The number of methoxy groups -OCH3 is 1. The Balaban J connectivity index is 2.12. The smallest absolute Gasteiger partial charge is 0.128 e. The van der Waals surface area contributed by atoms with E-state index < -0.39 is 0 Å². The molecule has 18 heavy (non-hydrogen) atoms. The Morgan fingerprint density at radius 3 is 2.67 bits per heavy atom. The van der Waals surface area contributed by atoms with Gasteiger partial charge in [-0.05, 0) is 32.3 Å². The van der Waals surface area contributed by atoms with Gasteiger partial charge >= 0.3 is 0 Å². The van der Waals surface area contributed by atoms with Gasteiger partial charge in [0, 0.05) is 41.9 Å². The van der Waals surface area contributed by atoms with E-state index in [2.05, 4.69) is 31.0 Å². The normalized spacial score (nSPS) is 21.7. The van der Waals surface area contributed by atoms with Crippen molar-refractivity contribution in [3.63, 3.8) is 0 Å². The predicted molar refractivity (Wildman–Crippen MR) is 74.5 cm³/mol. The van der Waals surface area contributed by atoms with E-state index in [0.717, 1.165) is 18.7 Å². The van der Waals surface area contributed by atoms with Gasteiger partial charge in [0.2, 0.25) is 0 Å². The lowest BCUT2D eigenvalue weighted by Crippen LogP contribution is -2.32.